The van der Waals surface area contributed by atoms with Gasteiger partial charge in [0.25, 0.3) is 0 Å². The van der Waals surface area contributed by atoms with Gasteiger partial charge in [0.2, 0.25) is 11.8 Å². The van der Waals surface area contributed by atoms with Crippen LogP contribution in [0.2, 0.25) is 0 Å². The third kappa shape index (κ3) is 5.25. The molecule has 2 amide bonds. The SMILES string of the molecule is C=CCN(CC(=O)N1CCc2sccc2[C@@H]1COc1ccccc1)C(=O)COC. The number of rotatable bonds is 9. The van der Waals surface area contributed by atoms with Crippen LogP contribution in [0.15, 0.2) is 54.4 Å². The lowest BCUT2D eigenvalue weighted by Gasteiger charge is -2.37. The van der Waals surface area contributed by atoms with E-state index in [2.05, 4.69) is 18.0 Å². The van der Waals surface area contributed by atoms with Crippen LogP contribution in [0, 0.1) is 0 Å². The van der Waals surface area contributed by atoms with Crippen molar-refractivity contribution in [3.63, 3.8) is 0 Å². The summed E-state index contributed by atoms with van der Waals surface area (Å²) in [7, 11) is 1.46. The largest absolute Gasteiger partial charge is 0.491 e. The van der Waals surface area contributed by atoms with Gasteiger partial charge < -0.3 is 19.3 Å². The number of para-hydroxylation sites is 1. The van der Waals surface area contributed by atoms with E-state index in [9.17, 15) is 9.59 Å². The fourth-order valence-corrected chi connectivity index (χ4v) is 4.37. The van der Waals surface area contributed by atoms with E-state index in [0.29, 0.717) is 19.7 Å². The molecule has 0 unspecified atom stereocenters. The molecule has 7 heteroatoms. The highest BCUT2D eigenvalue weighted by Gasteiger charge is 2.33. The number of benzene rings is 1. The van der Waals surface area contributed by atoms with Gasteiger partial charge >= 0.3 is 0 Å². The maximum Gasteiger partial charge on any atom is 0.249 e. The number of hydrogen-bond donors (Lipinski definition) is 0. The molecule has 0 radical (unpaired) electrons. The molecule has 0 saturated carbocycles. The molecule has 0 N–H and O–H groups in total. The summed E-state index contributed by atoms with van der Waals surface area (Å²) >= 11 is 1.71. The number of ether oxygens (including phenoxy) is 2. The number of amides is 2. The summed E-state index contributed by atoms with van der Waals surface area (Å²) in [6.45, 7) is 4.90. The molecule has 0 fully saturated rings. The molecule has 1 atom stereocenters. The van der Waals surface area contributed by atoms with Crippen molar-refractivity contribution < 1.29 is 19.1 Å². The minimum atomic E-state index is -0.230. The van der Waals surface area contributed by atoms with Gasteiger partial charge in [-0.2, -0.15) is 0 Å². The summed E-state index contributed by atoms with van der Waals surface area (Å²) in [5.41, 5.74) is 1.13. The normalized spacial score (nSPS) is 15.5. The Labute approximate surface area is 175 Å². The number of nitrogens with zero attached hydrogens (tertiary/aromatic N) is 2. The molecule has 0 spiro atoms. The number of fused-ring (bicyclic) bond motifs is 1. The van der Waals surface area contributed by atoms with Crippen molar-refractivity contribution in [2.45, 2.75) is 12.5 Å². The highest BCUT2D eigenvalue weighted by atomic mass is 32.1. The minimum Gasteiger partial charge on any atom is -0.491 e. The lowest BCUT2D eigenvalue weighted by atomic mass is 10.0. The van der Waals surface area contributed by atoms with Gasteiger partial charge in [0.05, 0.1) is 6.04 Å². The van der Waals surface area contributed by atoms with Crippen LogP contribution in [0.1, 0.15) is 16.5 Å². The fraction of sp³-hybridized carbons (Fsp3) is 0.364. The van der Waals surface area contributed by atoms with Gasteiger partial charge in [-0.15, -0.1) is 17.9 Å². The number of carbonyl (C=O) groups is 2. The van der Waals surface area contributed by atoms with Crippen LogP contribution in [0.4, 0.5) is 0 Å². The third-order valence-electron chi connectivity index (χ3n) is 4.86. The number of carbonyl (C=O) groups excluding carboxylic acids is 2. The quantitative estimate of drug-likeness (QED) is 0.592. The molecule has 154 valence electrons. The van der Waals surface area contributed by atoms with Crippen molar-refractivity contribution in [2.75, 3.05) is 40.0 Å². The van der Waals surface area contributed by atoms with E-state index in [1.165, 1.54) is 16.9 Å². The monoisotopic (exact) mass is 414 g/mol. The molecule has 0 aliphatic carbocycles. The zero-order valence-electron chi connectivity index (χ0n) is 16.6. The van der Waals surface area contributed by atoms with Gasteiger partial charge in [-0.3, -0.25) is 9.59 Å². The molecule has 1 aromatic carbocycles. The van der Waals surface area contributed by atoms with Crippen LogP contribution in [-0.2, 0) is 20.7 Å². The van der Waals surface area contributed by atoms with Crippen LogP contribution in [0.5, 0.6) is 5.75 Å². The molecule has 29 heavy (non-hydrogen) atoms. The van der Waals surface area contributed by atoms with E-state index >= 15 is 0 Å². The van der Waals surface area contributed by atoms with Crippen molar-refractivity contribution >= 4 is 23.2 Å². The van der Waals surface area contributed by atoms with Crippen LogP contribution in [0.25, 0.3) is 0 Å². The highest BCUT2D eigenvalue weighted by molar-refractivity contribution is 7.10. The first kappa shape index (κ1) is 21.1. The molecular formula is C22H26N2O4S. The van der Waals surface area contributed by atoms with Crippen LogP contribution in [0.3, 0.4) is 0 Å². The first-order valence-electron chi connectivity index (χ1n) is 9.55. The second-order valence-electron chi connectivity index (χ2n) is 6.77. The topological polar surface area (TPSA) is 59.1 Å². The summed E-state index contributed by atoms with van der Waals surface area (Å²) in [6.07, 6.45) is 2.43. The highest BCUT2D eigenvalue weighted by Crippen LogP contribution is 2.34. The Morgan fingerprint density at radius 2 is 2.10 bits per heavy atom. The summed E-state index contributed by atoms with van der Waals surface area (Å²) in [5, 5.41) is 2.06. The Hall–Kier alpha value is -2.64. The predicted octanol–water partition coefficient (Wildman–Crippen LogP) is 2.91. The number of methoxy groups -OCH3 is 1. The Bertz CT molecular complexity index is 836. The Morgan fingerprint density at radius 1 is 1.31 bits per heavy atom. The van der Waals surface area contributed by atoms with E-state index in [1.807, 2.05) is 35.2 Å². The maximum absolute atomic E-state index is 13.2. The predicted molar refractivity (Wildman–Crippen MR) is 113 cm³/mol. The van der Waals surface area contributed by atoms with Crippen molar-refractivity contribution in [3.05, 3.63) is 64.9 Å². The molecule has 2 heterocycles. The molecule has 1 aliphatic rings. The van der Waals surface area contributed by atoms with Crippen LogP contribution < -0.4 is 4.74 Å². The molecule has 0 bridgehead atoms. The van der Waals surface area contributed by atoms with E-state index in [4.69, 9.17) is 9.47 Å². The van der Waals surface area contributed by atoms with Crippen LogP contribution >= 0.6 is 11.3 Å². The lowest BCUT2D eigenvalue weighted by Crippen LogP contribution is -2.48. The molecule has 1 aliphatic heterocycles. The summed E-state index contributed by atoms with van der Waals surface area (Å²) in [5.74, 6) is 0.437. The van der Waals surface area contributed by atoms with E-state index in [1.54, 1.807) is 17.4 Å². The lowest BCUT2D eigenvalue weighted by molar-refractivity contribution is -0.144. The summed E-state index contributed by atoms with van der Waals surface area (Å²) in [4.78, 5) is 30.0. The molecule has 0 saturated heterocycles. The van der Waals surface area contributed by atoms with Gasteiger partial charge in [-0.25, -0.2) is 0 Å². The van der Waals surface area contributed by atoms with Crippen molar-refractivity contribution in [3.8, 4) is 5.75 Å². The zero-order valence-corrected chi connectivity index (χ0v) is 17.4. The molecule has 6 nitrogen and oxygen atoms in total. The number of thiophene rings is 1. The maximum atomic E-state index is 13.2. The Kier molecular flexibility index (Phi) is 7.43. The average Bonchev–Trinajstić information content (AvgIpc) is 3.21. The van der Waals surface area contributed by atoms with Crippen molar-refractivity contribution in [2.24, 2.45) is 0 Å². The third-order valence-corrected chi connectivity index (χ3v) is 5.86. The van der Waals surface area contributed by atoms with Crippen LogP contribution in [-0.4, -0.2) is 61.6 Å². The van der Waals surface area contributed by atoms with Gasteiger partial charge in [0.15, 0.2) is 0 Å². The molecular weight excluding hydrogens is 388 g/mol. The van der Waals surface area contributed by atoms with Crippen molar-refractivity contribution in [1.82, 2.24) is 9.80 Å². The first-order valence-corrected chi connectivity index (χ1v) is 10.4. The second kappa shape index (κ2) is 10.2. The Morgan fingerprint density at radius 3 is 2.83 bits per heavy atom. The zero-order chi connectivity index (χ0) is 20.6. The van der Waals surface area contributed by atoms with Gasteiger partial charge in [-0.05, 0) is 35.6 Å². The summed E-state index contributed by atoms with van der Waals surface area (Å²) in [6, 6.07) is 11.5. The van der Waals surface area contributed by atoms with Gasteiger partial charge in [0.1, 0.15) is 25.5 Å². The van der Waals surface area contributed by atoms with Gasteiger partial charge in [0, 0.05) is 25.1 Å². The second-order valence-corrected chi connectivity index (χ2v) is 7.77. The van der Waals surface area contributed by atoms with E-state index in [0.717, 1.165) is 17.7 Å². The average molecular weight is 415 g/mol. The standard InChI is InChI=1S/C22H26N2O4S/c1-3-11-23(22(26)16-27-2)14-21(25)24-12-9-20-18(10-13-29-20)19(24)15-28-17-7-5-4-6-8-17/h3-8,10,13,19H,1,9,11-12,14-16H2,2H3/t19-/m0/s1. The van der Waals surface area contributed by atoms with E-state index in [-0.39, 0.29) is 31.0 Å². The smallest absolute Gasteiger partial charge is 0.249 e. The molecule has 2 aromatic rings. The first-order chi connectivity index (χ1) is 14.1. The summed E-state index contributed by atoms with van der Waals surface area (Å²) < 4.78 is 10.9. The number of hydrogen-bond acceptors (Lipinski definition) is 5. The Balaban J connectivity index is 1.75. The molecule has 1 aromatic heterocycles. The fourth-order valence-electron chi connectivity index (χ4n) is 3.45. The van der Waals surface area contributed by atoms with Gasteiger partial charge in [-0.1, -0.05) is 24.3 Å². The van der Waals surface area contributed by atoms with E-state index < -0.39 is 0 Å². The van der Waals surface area contributed by atoms with Crippen molar-refractivity contribution in [1.29, 1.82) is 0 Å². The molecule has 3 rings (SSSR count). The minimum absolute atomic E-state index is 0.00444.